The van der Waals surface area contributed by atoms with Gasteiger partial charge in [0.25, 0.3) is 0 Å². The number of hydrogen-bond donors (Lipinski definition) is 0. The van der Waals surface area contributed by atoms with Gasteiger partial charge in [-0.1, -0.05) is 38.1 Å². The molecule has 0 saturated heterocycles. The summed E-state index contributed by atoms with van der Waals surface area (Å²) in [6.45, 7) is 6.36. The van der Waals surface area contributed by atoms with Crippen molar-refractivity contribution in [1.82, 2.24) is 4.98 Å². The molecule has 0 bridgehead atoms. The fraction of sp³-hybridized carbons (Fsp3) is 0.222. The van der Waals surface area contributed by atoms with Crippen LogP contribution in [0.3, 0.4) is 0 Å². The molecular weight excluding hydrogens is 244 g/mol. The van der Waals surface area contributed by atoms with Gasteiger partial charge in [0.1, 0.15) is 0 Å². The Labute approximate surface area is 119 Å². The normalized spacial score (nSPS) is 15.8. The second-order valence-corrected chi connectivity index (χ2v) is 5.91. The van der Waals surface area contributed by atoms with Crippen molar-refractivity contribution in [1.29, 1.82) is 0 Å². The SMILES string of the molecule is Cc1ccc(-c2ccc3c(c2)C=CC(C)(C)C=N3)nc1. The zero-order valence-corrected chi connectivity index (χ0v) is 12.1. The molecule has 1 aromatic carbocycles. The van der Waals surface area contributed by atoms with E-state index in [2.05, 4.69) is 66.3 Å². The van der Waals surface area contributed by atoms with Crippen LogP contribution in [0.15, 0.2) is 47.6 Å². The quantitative estimate of drug-likeness (QED) is 0.723. The largest absolute Gasteiger partial charge is 0.260 e. The zero-order valence-electron chi connectivity index (χ0n) is 12.1. The van der Waals surface area contributed by atoms with Crippen molar-refractivity contribution in [3.8, 4) is 11.3 Å². The lowest BCUT2D eigenvalue weighted by Crippen LogP contribution is -2.07. The highest BCUT2D eigenvalue weighted by atomic mass is 14.7. The highest BCUT2D eigenvalue weighted by molar-refractivity contribution is 5.81. The summed E-state index contributed by atoms with van der Waals surface area (Å²) in [6, 6.07) is 10.5. The Hall–Kier alpha value is -2.22. The van der Waals surface area contributed by atoms with Crippen LogP contribution in [-0.2, 0) is 0 Å². The minimum absolute atomic E-state index is 0.00128. The molecule has 100 valence electrons. The van der Waals surface area contributed by atoms with Crippen molar-refractivity contribution >= 4 is 18.0 Å². The first-order chi connectivity index (χ1) is 9.53. The molecule has 20 heavy (non-hydrogen) atoms. The number of aromatic nitrogens is 1. The van der Waals surface area contributed by atoms with Crippen molar-refractivity contribution in [2.24, 2.45) is 10.4 Å². The van der Waals surface area contributed by atoms with Crippen molar-refractivity contribution in [3.05, 3.63) is 53.7 Å². The Morgan fingerprint density at radius 3 is 2.65 bits per heavy atom. The van der Waals surface area contributed by atoms with Gasteiger partial charge in [-0.25, -0.2) is 0 Å². The molecule has 0 spiro atoms. The lowest BCUT2D eigenvalue weighted by Gasteiger charge is -2.10. The zero-order chi connectivity index (χ0) is 14.2. The number of benzene rings is 1. The molecule has 1 aliphatic rings. The Morgan fingerprint density at radius 2 is 1.90 bits per heavy atom. The summed E-state index contributed by atoms with van der Waals surface area (Å²) in [5, 5.41) is 0. The van der Waals surface area contributed by atoms with Gasteiger partial charge in [0.2, 0.25) is 0 Å². The summed E-state index contributed by atoms with van der Waals surface area (Å²) < 4.78 is 0. The second-order valence-electron chi connectivity index (χ2n) is 5.91. The molecule has 2 heterocycles. The van der Waals surface area contributed by atoms with E-state index in [4.69, 9.17) is 0 Å². The van der Waals surface area contributed by atoms with Crippen molar-refractivity contribution < 1.29 is 0 Å². The first-order valence-corrected chi connectivity index (χ1v) is 6.85. The number of nitrogens with zero attached hydrogens (tertiary/aromatic N) is 2. The summed E-state index contributed by atoms with van der Waals surface area (Å²) in [6.07, 6.45) is 8.24. The van der Waals surface area contributed by atoms with Crippen LogP contribution in [0.2, 0.25) is 0 Å². The Kier molecular flexibility index (Phi) is 3.01. The highest BCUT2D eigenvalue weighted by Gasteiger charge is 2.14. The minimum Gasteiger partial charge on any atom is -0.260 e. The topological polar surface area (TPSA) is 25.2 Å². The molecule has 0 aliphatic carbocycles. The highest BCUT2D eigenvalue weighted by Crippen LogP contribution is 2.31. The summed E-state index contributed by atoms with van der Waals surface area (Å²) in [4.78, 5) is 9.07. The second kappa shape index (κ2) is 4.71. The van der Waals surface area contributed by atoms with Crippen LogP contribution in [0, 0.1) is 12.3 Å². The Balaban J connectivity index is 2.05. The first-order valence-electron chi connectivity index (χ1n) is 6.85. The van der Waals surface area contributed by atoms with Gasteiger partial charge >= 0.3 is 0 Å². The predicted octanol–water partition coefficient (Wildman–Crippen LogP) is 4.81. The number of rotatable bonds is 1. The third kappa shape index (κ3) is 2.55. The summed E-state index contributed by atoms with van der Waals surface area (Å²) in [5.41, 5.74) is 5.47. The van der Waals surface area contributed by atoms with E-state index in [-0.39, 0.29) is 5.41 Å². The first kappa shape index (κ1) is 12.8. The van der Waals surface area contributed by atoms with Crippen LogP contribution < -0.4 is 0 Å². The van der Waals surface area contributed by atoms with Gasteiger partial charge in [-0.05, 0) is 30.7 Å². The van der Waals surface area contributed by atoms with Crippen LogP contribution in [0.1, 0.15) is 25.0 Å². The average molecular weight is 262 g/mol. The molecule has 2 heteroatoms. The van der Waals surface area contributed by atoms with Crippen LogP contribution in [0.5, 0.6) is 0 Å². The van der Waals surface area contributed by atoms with Gasteiger partial charge in [0.15, 0.2) is 0 Å². The van der Waals surface area contributed by atoms with E-state index < -0.39 is 0 Å². The fourth-order valence-corrected chi connectivity index (χ4v) is 2.19. The summed E-state index contributed by atoms with van der Waals surface area (Å²) >= 11 is 0. The molecule has 0 saturated carbocycles. The molecule has 0 N–H and O–H groups in total. The van der Waals surface area contributed by atoms with Gasteiger partial charge in [-0.15, -0.1) is 0 Å². The van der Waals surface area contributed by atoms with Crippen LogP contribution >= 0.6 is 0 Å². The third-order valence-corrected chi connectivity index (χ3v) is 3.46. The maximum Gasteiger partial charge on any atom is 0.0702 e. The molecule has 2 nitrogen and oxygen atoms in total. The van der Waals surface area contributed by atoms with E-state index in [0.717, 1.165) is 22.5 Å². The standard InChI is InChI=1S/C18H18N2/c1-13-4-6-16(19-11-13)14-5-7-17-15(10-14)8-9-18(2,3)12-20-17/h4-12H,1-3H3. The van der Waals surface area contributed by atoms with Gasteiger partial charge < -0.3 is 0 Å². The fourth-order valence-electron chi connectivity index (χ4n) is 2.19. The third-order valence-electron chi connectivity index (χ3n) is 3.46. The number of hydrogen-bond acceptors (Lipinski definition) is 2. The number of fused-ring (bicyclic) bond motifs is 1. The maximum absolute atomic E-state index is 4.58. The van der Waals surface area contributed by atoms with Crippen molar-refractivity contribution in [2.75, 3.05) is 0 Å². The number of allylic oxidation sites excluding steroid dienone is 1. The smallest absolute Gasteiger partial charge is 0.0702 e. The molecular formula is C18H18N2. The lowest BCUT2D eigenvalue weighted by molar-refractivity contribution is 0.699. The molecule has 0 radical (unpaired) electrons. The molecule has 2 aromatic rings. The number of aliphatic imine (C=N–C) groups is 1. The van der Waals surface area contributed by atoms with Gasteiger partial charge in [0.05, 0.1) is 11.4 Å². The maximum atomic E-state index is 4.58. The molecule has 1 aromatic heterocycles. The predicted molar refractivity (Wildman–Crippen MR) is 85.4 cm³/mol. The van der Waals surface area contributed by atoms with Crippen LogP contribution in [0.25, 0.3) is 17.3 Å². The lowest BCUT2D eigenvalue weighted by atomic mass is 9.94. The molecule has 3 rings (SSSR count). The molecule has 0 atom stereocenters. The minimum atomic E-state index is 0.00128. The molecule has 0 fully saturated rings. The van der Waals surface area contributed by atoms with E-state index in [9.17, 15) is 0 Å². The van der Waals surface area contributed by atoms with Crippen molar-refractivity contribution in [2.45, 2.75) is 20.8 Å². The van der Waals surface area contributed by atoms with E-state index in [0.29, 0.717) is 0 Å². The van der Waals surface area contributed by atoms with E-state index in [1.807, 2.05) is 19.3 Å². The Morgan fingerprint density at radius 1 is 1.05 bits per heavy atom. The van der Waals surface area contributed by atoms with E-state index in [1.54, 1.807) is 0 Å². The molecule has 1 aliphatic heterocycles. The van der Waals surface area contributed by atoms with Crippen molar-refractivity contribution in [3.63, 3.8) is 0 Å². The van der Waals surface area contributed by atoms with Gasteiger partial charge in [-0.3, -0.25) is 9.98 Å². The number of pyridine rings is 1. The van der Waals surface area contributed by atoms with Crippen LogP contribution in [0.4, 0.5) is 5.69 Å². The van der Waals surface area contributed by atoms with E-state index in [1.165, 1.54) is 5.56 Å². The monoisotopic (exact) mass is 262 g/mol. The van der Waals surface area contributed by atoms with Crippen LogP contribution in [-0.4, -0.2) is 11.2 Å². The van der Waals surface area contributed by atoms with E-state index >= 15 is 0 Å². The number of aryl methyl sites for hydroxylation is 1. The Bertz CT molecular complexity index is 692. The van der Waals surface area contributed by atoms with Gasteiger partial charge in [0, 0.05) is 29.0 Å². The summed E-state index contributed by atoms with van der Waals surface area (Å²) in [5.74, 6) is 0. The average Bonchev–Trinajstić information content (AvgIpc) is 2.59. The molecule has 0 amide bonds. The molecule has 0 unspecified atom stereocenters. The van der Waals surface area contributed by atoms with Gasteiger partial charge in [-0.2, -0.15) is 0 Å². The summed E-state index contributed by atoms with van der Waals surface area (Å²) in [7, 11) is 0.